The van der Waals surface area contributed by atoms with Gasteiger partial charge in [-0.1, -0.05) is 66.7 Å². The van der Waals surface area contributed by atoms with Crippen molar-refractivity contribution in [1.82, 2.24) is 4.98 Å². The number of pyridine rings is 1. The van der Waals surface area contributed by atoms with E-state index in [1.54, 1.807) is 13.3 Å². The van der Waals surface area contributed by atoms with Crippen molar-refractivity contribution in [2.45, 2.75) is 0 Å². The number of rotatable bonds is 7. The van der Waals surface area contributed by atoms with Crippen LogP contribution >= 0.6 is 0 Å². The zero-order valence-corrected chi connectivity index (χ0v) is 17.1. The Kier molecular flexibility index (Phi) is 6.05. The van der Waals surface area contributed by atoms with E-state index in [1.165, 1.54) is 0 Å². The van der Waals surface area contributed by atoms with Crippen molar-refractivity contribution < 1.29 is 14.3 Å². The van der Waals surface area contributed by atoms with Crippen molar-refractivity contribution in [1.29, 1.82) is 0 Å². The Balaban J connectivity index is 1.59. The summed E-state index contributed by atoms with van der Waals surface area (Å²) in [6, 6.07) is 26.4. The highest BCUT2D eigenvalue weighted by molar-refractivity contribution is 6.09. The SMILES string of the molecule is COCOc1ccc(-c2cc(-c3ccc(C(=O)c4ccccc4)cc3)cnc2N)cc1. The molecule has 4 rings (SSSR count). The highest BCUT2D eigenvalue weighted by atomic mass is 16.7. The van der Waals surface area contributed by atoms with Gasteiger partial charge in [0.25, 0.3) is 0 Å². The highest BCUT2D eigenvalue weighted by Crippen LogP contribution is 2.31. The molecular formula is C26H22N2O3. The van der Waals surface area contributed by atoms with E-state index in [0.29, 0.717) is 22.7 Å². The molecule has 2 N–H and O–H groups in total. The number of anilines is 1. The van der Waals surface area contributed by atoms with Crippen LogP contribution in [0.1, 0.15) is 15.9 Å². The fourth-order valence-electron chi connectivity index (χ4n) is 3.29. The van der Waals surface area contributed by atoms with Crippen LogP contribution < -0.4 is 10.5 Å². The Hall–Kier alpha value is -3.96. The molecule has 0 fully saturated rings. The van der Waals surface area contributed by atoms with Crippen molar-refractivity contribution in [3.63, 3.8) is 0 Å². The van der Waals surface area contributed by atoms with Crippen molar-refractivity contribution >= 4 is 11.6 Å². The quantitative estimate of drug-likeness (QED) is 0.334. The van der Waals surface area contributed by atoms with Crippen molar-refractivity contribution in [2.24, 2.45) is 0 Å². The number of carbonyl (C=O) groups is 1. The molecular weight excluding hydrogens is 388 g/mol. The molecule has 0 radical (unpaired) electrons. The molecule has 31 heavy (non-hydrogen) atoms. The van der Waals surface area contributed by atoms with Gasteiger partial charge in [-0.25, -0.2) is 4.98 Å². The van der Waals surface area contributed by atoms with E-state index in [2.05, 4.69) is 4.98 Å². The molecule has 0 aliphatic heterocycles. The Morgan fingerprint density at radius 1 is 0.839 bits per heavy atom. The highest BCUT2D eigenvalue weighted by Gasteiger charge is 2.11. The number of nitrogen functional groups attached to an aromatic ring is 1. The molecule has 5 nitrogen and oxygen atoms in total. The summed E-state index contributed by atoms with van der Waals surface area (Å²) in [6.45, 7) is 0.196. The summed E-state index contributed by atoms with van der Waals surface area (Å²) in [5.74, 6) is 1.16. The number of hydrogen-bond acceptors (Lipinski definition) is 5. The summed E-state index contributed by atoms with van der Waals surface area (Å²) in [6.07, 6.45) is 1.74. The van der Waals surface area contributed by atoms with E-state index in [-0.39, 0.29) is 12.6 Å². The van der Waals surface area contributed by atoms with Gasteiger partial charge >= 0.3 is 0 Å². The Bertz CT molecular complexity index is 1170. The van der Waals surface area contributed by atoms with E-state index in [9.17, 15) is 4.79 Å². The normalized spacial score (nSPS) is 10.6. The van der Waals surface area contributed by atoms with Gasteiger partial charge < -0.3 is 15.2 Å². The summed E-state index contributed by atoms with van der Waals surface area (Å²) in [7, 11) is 1.58. The third-order valence-corrected chi connectivity index (χ3v) is 4.94. The lowest BCUT2D eigenvalue weighted by Gasteiger charge is -2.10. The molecule has 0 atom stereocenters. The van der Waals surface area contributed by atoms with E-state index < -0.39 is 0 Å². The van der Waals surface area contributed by atoms with Crippen LogP contribution in [-0.2, 0) is 4.74 Å². The van der Waals surface area contributed by atoms with Crippen LogP contribution in [0.5, 0.6) is 5.75 Å². The summed E-state index contributed by atoms with van der Waals surface area (Å²) < 4.78 is 10.4. The van der Waals surface area contributed by atoms with E-state index in [1.807, 2.05) is 84.9 Å². The minimum absolute atomic E-state index is 0.000878. The van der Waals surface area contributed by atoms with Gasteiger partial charge in [-0.2, -0.15) is 0 Å². The molecule has 1 aromatic heterocycles. The van der Waals surface area contributed by atoms with Crippen LogP contribution in [0.2, 0.25) is 0 Å². The first-order valence-corrected chi connectivity index (χ1v) is 9.83. The smallest absolute Gasteiger partial charge is 0.193 e. The zero-order valence-electron chi connectivity index (χ0n) is 17.1. The molecule has 5 heteroatoms. The van der Waals surface area contributed by atoms with Crippen LogP contribution in [0, 0.1) is 0 Å². The molecule has 0 aliphatic rings. The third kappa shape index (κ3) is 4.63. The largest absolute Gasteiger partial charge is 0.468 e. The van der Waals surface area contributed by atoms with Crippen LogP contribution in [0.4, 0.5) is 5.82 Å². The minimum Gasteiger partial charge on any atom is -0.468 e. The van der Waals surface area contributed by atoms with Crippen LogP contribution in [-0.4, -0.2) is 24.7 Å². The molecule has 0 saturated heterocycles. The zero-order chi connectivity index (χ0) is 21.6. The maximum absolute atomic E-state index is 12.6. The van der Waals surface area contributed by atoms with E-state index in [4.69, 9.17) is 15.2 Å². The fraction of sp³-hybridized carbons (Fsp3) is 0.0769. The Labute approximate surface area is 181 Å². The summed E-state index contributed by atoms with van der Waals surface area (Å²) in [4.78, 5) is 17.0. The molecule has 0 saturated carbocycles. The van der Waals surface area contributed by atoms with E-state index >= 15 is 0 Å². The summed E-state index contributed by atoms with van der Waals surface area (Å²) in [5, 5.41) is 0. The monoisotopic (exact) mass is 410 g/mol. The molecule has 4 aromatic rings. The third-order valence-electron chi connectivity index (χ3n) is 4.94. The van der Waals surface area contributed by atoms with Gasteiger partial charge in [0.05, 0.1) is 0 Å². The first-order chi connectivity index (χ1) is 15.2. The Morgan fingerprint density at radius 2 is 1.48 bits per heavy atom. The van der Waals surface area contributed by atoms with Crippen LogP contribution in [0.25, 0.3) is 22.3 Å². The number of ketones is 1. The predicted molar refractivity (Wildman–Crippen MR) is 122 cm³/mol. The van der Waals surface area contributed by atoms with Gasteiger partial charge in [0.15, 0.2) is 12.6 Å². The lowest BCUT2D eigenvalue weighted by Crippen LogP contribution is -2.00. The average Bonchev–Trinajstić information content (AvgIpc) is 2.84. The number of nitrogens with two attached hydrogens (primary N) is 1. The summed E-state index contributed by atoms with van der Waals surface area (Å²) in [5.41, 5.74) is 11.1. The van der Waals surface area contributed by atoms with Gasteiger partial charge in [-0.05, 0) is 29.3 Å². The van der Waals surface area contributed by atoms with Gasteiger partial charge in [0.2, 0.25) is 0 Å². The summed E-state index contributed by atoms with van der Waals surface area (Å²) >= 11 is 0. The van der Waals surface area contributed by atoms with Gasteiger partial charge in [0.1, 0.15) is 11.6 Å². The molecule has 0 unspecified atom stereocenters. The van der Waals surface area contributed by atoms with Gasteiger partial charge in [-0.3, -0.25) is 4.79 Å². The van der Waals surface area contributed by atoms with Crippen LogP contribution in [0.15, 0.2) is 91.1 Å². The second-order valence-electron chi connectivity index (χ2n) is 7.00. The number of aromatic nitrogens is 1. The second kappa shape index (κ2) is 9.24. The predicted octanol–water partition coefficient (Wildman–Crippen LogP) is 5.21. The number of nitrogens with zero attached hydrogens (tertiary/aromatic N) is 1. The number of benzene rings is 3. The van der Waals surface area contributed by atoms with Crippen LogP contribution in [0.3, 0.4) is 0 Å². The molecule has 3 aromatic carbocycles. The lowest BCUT2D eigenvalue weighted by atomic mass is 9.98. The minimum atomic E-state index is -0.000878. The number of hydrogen-bond donors (Lipinski definition) is 1. The molecule has 0 amide bonds. The van der Waals surface area contributed by atoms with Gasteiger partial charge in [0, 0.05) is 35.6 Å². The molecule has 0 spiro atoms. The molecule has 0 bridgehead atoms. The molecule has 1 heterocycles. The van der Waals surface area contributed by atoms with E-state index in [0.717, 1.165) is 22.3 Å². The first kappa shape index (κ1) is 20.3. The maximum Gasteiger partial charge on any atom is 0.193 e. The van der Waals surface area contributed by atoms with Crippen molar-refractivity contribution in [3.05, 3.63) is 102 Å². The maximum atomic E-state index is 12.6. The number of methoxy groups -OCH3 is 1. The second-order valence-corrected chi connectivity index (χ2v) is 7.00. The number of carbonyl (C=O) groups excluding carboxylic acids is 1. The van der Waals surface area contributed by atoms with Crippen molar-refractivity contribution in [2.75, 3.05) is 19.6 Å². The number of ether oxygens (including phenoxy) is 2. The average molecular weight is 410 g/mol. The topological polar surface area (TPSA) is 74.4 Å². The Morgan fingerprint density at radius 3 is 2.16 bits per heavy atom. The van der Waals surface area contributed by atoms with Gasteiger partial charge in [-0.15, -0.1) is 0 Å². The first-order valence-electron chi connectivity index (χ1n) is 9.83. The molecule has 154 valence electrons. The van der Waals surface area contributed by atoms with Crippen molar-refractivity contribution in [3.8, 4) is 28.0 Å². The standard InChI is InChI=1S/C26H22N2O3/c1-30-17-31-23-13-11-19(12-14-23)24-15-22(16-28-26(24)27)18-7-9-21(10-8-18)25(29)20-5-3-2-4-6-20/h2-16H,17H2,1H3,(H2,27,28). The lowest BCUT2D eigenvalue weighted by molar-refractivity contribution is 0.0511. The molecule has 0 aliphatic carbocycles. The fourth-order valence-corrected chi connectivity index (χ4v) is 3.29.